The number of benzene rings is 2. The zero-order chi connectivity index (χ0) is 22.6. The number of nitrogens with one attached hydrogen (secondary N) is 2. The predicted octanol–water partition coefficient (Wildman–Crippen LogP) is 2.61. The molecule has 1 aliphatic heterocycles. The fraction of sp³-hybridized carbons (Fsp3) is 0.150. The predicted molar refractivity (Wildman–Crippen MR) is 119 cm³/mol. The van der Waals surface area contributed by atoms with E-state index in [4.69, 9.17) is 9.47 Å². The van der Waals surface area contributed by atoms with Crippen LogP contribution in [0.25, 0.3) is 6.08 Å². The van der Waals surface area contributed by atoms with Crippen molar-refractivity contribution in [3.63, 3.8) is 0 Å². The van der Waals surface area contributed by atoms with E-state index in [1.165, 1.54) is 45.4 Å². The Bertz CT molecular complexity index is 1190. The summed E-state index contributed by atoms with van der Waals surface area (Å²) < 4.78 is 39.3. The number of carbonyl (C=O) groups is 2. The number of methoxy groups -OCH3 is 2. The highest BCUT2D eigenvalue weighted by atomic mass is 32.2. The van der Waals surface area contributed by atoms with Crippen LogP contribution < -0.4 is 20.1 Å². The van der Waals surface area contributed by atoms with E-state index in [1.54, 1.807) is 24.3 Å². The molecule has 2 aromatic rings. The van der Waals surface area contributed by atoms with E-state index in [9.17, 15) is 18.0 Å². The van der Waals surface area contributed by atoms with Gasteiger partial charge in [-0.2, -0.15) is 8.42 Å². The van der Waals surface area contributed by atoms with Gasteiger partial charge in [0.1, 0.15) is 0 Å². The molecule has 162 valence electrons. The number of sulfonamides is 1. The first kappa shape index (κ1) is 22.4. The second kappa shape index (κ2) is 9.23. The Morgan fingerprint density at radius 2 is 1.77 bits per heavy atom. The fourth-order valence-corrected chi connectivity index (χ4v) is 4.66. The van der Waals surface area contributed by atoms with Crippen LogP contribution in [0.5, 0.6) is 11.5 Å². The molecule has 0 spiro atoms. The van der Waals surface area contributed by atoms with E-state index in [1.807, 2.05) is 0 Å². The highest BCUT2D eigenvalue weighted by Crippen LogP contribution is 2.31. The molecule has 1 aliphatic rings. The van der Waals surface area contributed by atoms with Crippen molar-refractivity contribution >= 4 is 50.4 Å². The molecule has 1 heterocycles. The number of ether oxygens (including phenoxy) is 2. The summed E-state index contributed by atoms with van der Waals surface area (Å²) in [5.41, 5.74) is 1.17. The average molecular weight is 462 g/mol. The van der Waals surface area contributed by atoms with Gasteiger partial charge in [0.25, 0.3) is 15.9 Å². The molecule has 0 aromatic heterocycles. The normalized spacial score (nSPS) is 16.3. The van der Waals surface area contributed by atoms with Crippen LogP contribution in [0.2, 0.25) is 0 Å². The van der Waals surface area contributed by atoms with Gasteiger partial charge in [-0.1, -0.05) is 6.07 Å². The number of rotatable bonds is 6. The Morgan fingerprint density at radius 1 is 1.10 bits per heavy atom. The molecule has 31 heavy (non-hydrogen) atoms. The Morgan fingerprint density at radius 3 is 2.39 bits per heavy atom. The van der Waals surface area contributed by atoms with Crippen molar-refractivity contribution in [1.82, 2.24) is 5.32 Å². The lowest BCUT2D eigenvalue weighted by Gasteiger charge is -2.07. The molecule has 2 aromatic carbocycles. The molecule has 3 rings (SSSR count). The van der Waals surface area contributed by atoms with E-state index >= 15 is 0 Å². The van der Waals surface area contributed by atoms with Crippen molar-refractivity contribution in [2.75, 3.05) is 19.5 Å². The first-order chi connectivity index (χ1) is 14.7. The summed E-state index contributed by atoms with van der Waals surface area (Å²) in [5.74, 6) is 0.190. The highest BCUT2D eigenvalue weighted by molar-refractivity contribution is 8.20. The average Bonchev–Trinajstić information content (AvgIpc) is 3.05. The summed E-state index contributed by atoms with van der Waals surface area (Å²) in [6.07, 6.45) is 1.67. The first-order valence-electron chi connectivity index (χ1n) is 8.87. The van der Waals surface area contributed by atoms with Gasteiger partial charge in [0.05, 0.1) is 24.1 Å². The molecule has 0 saturated carbocycles. The molecule has 2 N–H and O–H groups in total. The van der Waals surface area contributed by atoms with Crippen LogP contribution in [0, 0.1) is 0 Å². The topological polar surface area (TPSA) is 123 Å². The molecule has 1 saturated heterocycles. The fourth-order valence-electron chi connectivity index (χ4n) is 2.64. The Balaban J connectivity index is 1.82. The second-order valence-corrected chi connectivity index (χ2v) is 8.89. The summed E-state index contributed by atoms with van der Waals surface area (Å²) in [6.45, 7) is 1.35. The summed E-state index contributed by atoms with van der Waals surface area (Å²) in [7, 11) is -1.07. The molecule has 0 radical (unpaired) electrons. The van der Waals surface area contributed by atoms with Gasteiger partial charge < -0.3 is 20.1 Å². The maximum atomic E-state index is 12.6. The molecule has 2 amide bonds. The second-order valence-electron chi connectivity index (χ2n) is 6.26. The van der Waals surface area contributed by atoms with Gasteiger partial charge in [0.15, 0.2) is 16.5 Å². The van der Waals surface area contributed by atoms with Gasteiger partial charge in [0.2, 0.25) is 5.91 Å². The molecular weight excluding hydrogens is 442 g/mol. The number of nitrogens with zero attached hydrogens (tertiary/aromatic N) is 1. The lowest BCUT2D eigenvalue weighted by Crippen LogP contribution is -2.19. The number of hydrogen-bond donors (Lipinski definition) is 2. The smallest absolute Gasteiger partial charge is 0.283 e. The SMILES string of the molecule is COc1ccc(/C=C2\NC(=O)/C(=N\S(=O)(=O)c3ccc(NC(C)=O)cc3)S2)cc1OC. The van der Waals surface area contributed by atoms with E-state index < -0.39 is 15.9 Å². The van der Waals surface area contributed by atoms with Gasteiger partial charge in [-0.05, 0) is 59.8 Å². The first-order valence-corrected chi connectivity index (χ1v) is 11.1. The lowest BCUT2D eigenvalue weighted by molar-refractivity contribution is -0.114. The van der Waals surface area contributed by atoms with Crippen LogP contribution in [0.4, 0.5) is 5.69 Å². The molecule has 0 atom stereocenters. The highest BCUT2D eigenvalue weighted by Gasteiger charge is 2.27. The van der Waals surface area contributed by atoms with Crippen molar-refractivity contribution in [3.8, 4) is 11.5 Å². The van der Waals surface area contributed by atoms with E-state index in [0.717, 1.165) is 17.3 Å². The Hall–Kier alpha value is -3.31. The van der Waals surface area contributed by atoms with Crippen LogP contribution in [0.15, 0.2) is 56.8 Å². The van der Waals surface area contributed by atoms with Crippen molar-refractivity contribution in [2.24, 2.45) is 4.40 Å². The van der Waals surface area contributed by atoms with Crippen LogP contribution in [-0.2, 0) is 19.6 Å². The molecule has 0 bridgehead atoms. The molecular formula is C20H19N3O6S2. The van der Waals surface area contributed by atoms with Gasteiger partial charge in [0, 0.05) is 12.6 Å². The van der Waals surface area contributed by atoms with Crippen LogP contribution >= 0.6 is 11.8 Å². The maximum absolute atomic E-state index is 12.6. The monoisotopic (exact) mass is 461 g/mol. The summed E-state index contributed by atoms with van der Waals surface area (Å²) in [4.78, 5) is 23.2. The van der Waals surface area contributed by atoms with Crippen LogP contribution in [-0.4, -0.2) is 39.5 Å². The number of thioether (sulfide) groups is 1. The third-order valence-corrected chi connectivity index (χ3v) is 6.33. The van der Waals surface area contributed by atoms with Gasteiger partial charge in [-0.15, -0.1) is 4.40 Å². The standard InChI is InChI=1S/C20H19N3O6S2/c1-12(24)21-14-5-7-15(8-6-14)31(26,27)23-20-19(25)22-18(30-20)11-13-4-9-16(28-2)17(10-13)29-3/h4-11H,1-3H3,(H,21,24)(H,22,25)/b18-11+,23-20+. The van der Waals surface area contributed by atoms with Gasteiger partial charge in [-0.3, -0.25) is 9.59 Å². The van der Waals surface area contributed by atoms with Gasteiger partial charge in [-0.25, -0.2) is 0 Å². The molecule has 1 fully saturated rings. The minimum absolute atomic E-state index is 0.0974. The van der Waals surface area contributed by atoms with E-state index in [2.05, 4.69) is 15.0 Å². The van der Waals surface area contributed by atoms with Crippen LogP contribution in [0.3, 0.4) is 0 Å². The molecule has 9 nitrogen and oxygen atoms in total. The number of anilines is 1. The van der Waals surface area contributed by atoms with E-state index in [0.29, 0.717) is 22.2 Å². The molecule has 0 aliphatic carbocycles. The van der Waals surface area contributed by atoms with Crippen molar-refractivity contribution in [3.05, 3.63) is 53.1 Å². The molecule has 11 heteroatoms. The number of amides is 2. The van der Waals surface area contributed by atoms with Crippen molar-refractivity contribution < 1.29 is 27.5 Å². The number of hydrogen-bond acceptors (Lipinski definition) is 7. The third kappa shape index (κ3) is 5.44. The largest absolute Gasteiger partial charge is 0.493 e. The Labute approximate surface area is 183 Å². The summed E-state index contributed by atoms with van der Waals surface area (Å²) >= 11 is 0.912. The molecule has 0 unspecified atom stereocenters. The Kier molecular flexibility index (Phi) is 6.66. The van der Waals surface area contributed by atoms with E-state index in [-0.39, 0.29) is 15.8 Å². The minimum atomic E-state index is -4.11. The lowest BCUT2D eigenvalue weighted by atomic mass is 10.2. The number of carbonyl (C=O) groups excluding carboxylic acids is 2. The van der Waals surface area contributed by atoms with Crippen LogP contribution in [0.1, 0.15) is 12.5 Å². The van der Waals surface area contributed by atoms with Crippen molar-refractivity contribution in [2.45, 2.75) is 11.8 Å². The summed E-state index contributed by atoms with van der Waals surface area (Å²) in [6, 6.07) is 10.7. The zero-order valence-corrected chi connectivity index (χ0v) is 18.5. The maximum Gasteiger partial charge on any atom is 0.283 e. The summed E-state index contributed by atoms with van der Waals surface area (Å²) in [5, 5.41) is 5.37. The quantitative estimate of drug-likeness (QED) is 0.678. The zero-order valence-electron chi connectivity index (χ0n) is 16.8. The minimum Gasteiger partial charge on any atom is -0.493 e. The van der Waals surface area contributed by atoms with Gasteiger partial charge >= 0.3 is 0 Å². The third-order valence-electron chi connectivity index (χ3n) is 4.02. The van der Waals surface area contributed by atoms with Crippen molar-refractivity contribution in [1.29, 1.82) is 0 Å².